The SMILES string of the molecule is c1ccc(-c2ccc3c(c2)c2ccccc2n3-c2ccc3c(c2)c2c([Si](c4ccccc4)(c4ccccc4)c4ccccc4)cccc2n3-c2cccc([Si](c3ccccc3)(c3ccccc3)c3ccc4oc5ccccc5c4c3)c2)cc1. The molecule has 3 nitrogen and oxygen atoms in total. The molecule has 0 saturated carbocycles. The minimum atomic E-state index is -3.11. The maximum atomic E-state index is 6.51. The molecule has 3 aromatic heterocycles. The first-order valence-corrected chi connectivity index (χ1v) is 32.6. The molecule has 0 aliphatic rings. The molecule has 0 atom stereocenters. The second-order valence-corrected chi connectivity index (χ2v) is 29.5. The van der Waals surface area contributed by atoms with Gasteiger partial charge >= 0.3 is 0 Å². The van der Waals surface area contributed by atoms with Gasteiger partial charge < -0.3 is 13.6 Å². The zero-order valence-corrected chi connectivity index (χ0v) is 47.5. The van der Waals surface area contributed by atoms with Gasteiger partial charge in [-0.3, -0.25) is 0 Å². The number of fused-ring (bicyclic) bond motifs is 9. The van der Waals surface area contributed by atoms with Crippen LogP contribution in [0, 0.1) is 0 Å². The average molecular weight is 1090 g/mol. The first-order chi connectivity index (χ1) is 41.2. The van der Waals surface area contributed by atoms with E-state index in [0.29, 0.717) is 0 Å². The summed E-state index contributed by atoms with van der Waals surface area (Å²) in [7, 11) is -6.21. The van der Waals surface area contributed by atoms with Gasteiger partial charge in [0.05, 0.1) is 22.1 Å². The third-order valence-electron chi connectivity index (χ3n) is 17.6. The van der Waals surface area contributed by atoms with E-state index in [-0.39, 0.29) is 0 Å². The second kappa shape index (κ2) is 19.7. The molecule has 3 heterocycles. The first-order valence-electron chi connectivity index (χ1n) is 28.6. The molecule has 0 saturated heterocycles. The summed E-state index contributed by atoms with van der Waals surface area (Å²) in [4.78, 5) is 0. The summed E-state index contributed by atoms with van der Waals surface area (Å²) in [6, 6.07) is 123. The van der Waals surface area contributed by atoms with Gasteiger partial charge in [0.25, 0.3) is 0 Å². The Kier molecular flexibility index (Phi) is 11.6. The number of nitrogens with zero attached hydrogens (tertiary/aromatic N) is 2. The quantitative estimate of drug-likeness (QED) is 0.0935. The van der Waals surface area contributed by atoms with Crippen molar-refractivity contribution in [3.8, 4) is 22.5 Å². The van der Waals surface area contributed by atoms with Crippen LogP contribution in [0.2, 0.25) is 0 Å². The third kappa shape index (κ3) is 7.55. The summed E-state index contributed by atoms with van der Waals surface area (Å²) in [5, 5.41) is 17.8. The first kappa shape index (κ1) is 48.6. The van der Waals surface area contributed by atoms with E-state index in [0.717, 1.165) is 38.8 Å². The molecule has 0 aliphatic carbocycles. The Morgan fingerprint density at radius 2 is 0.687 bits per heavy atom. The molecule has 0 N–H and O–H groups in total. The van der Waals surface area contributed by atoms with Gasteiger partial charge in [-0.1, -0.05) is 261 Å². The van der Waals surface area contributed by atoms with Crippen LogP contribution >= 0.6 is 0 Å². The number of para-hydroxylation sites is 2. The van der Waals surface area contributed by atoms with Crippen LogP contribution in [0.3, 0.4) is 0 Å². The topological polar surface area (TPSA) is 23.0 Å². The van der Waals surface area contributed by atoms with E-state index in [1.165, 1.54) is 90.7 Å². The molecule has 13 aromatic carbocycles. The maximum Gasteiger partial charge on any atom is 0.180 e. The highest BCUT2D eigenvalue weighted by Crippen LogP contribution is 2.39. The standard InChI is InChI=1S/C78H54N2OSi2/c1-7-25-55(26-8-1)56-45-48-72-68(51-56)66-39-19-21-41-71(66)79(72)58-46-49-73-70(53-58)78-74(42-24-44-77(78)83(61-32-13-4-14-33-61,62-34-15-5-16-35-62)63-36-17-6-18-37-63)80(73)57-27-23-38-64(52-57)82(59-28-9-2-10-29-59,60-30-11-3-12-31-60)65-47-50-76-69(54-65)67-40-20-22-43-75(67)81-76/h1-54H. The minimum Gasteiger partial charge on any atom is -0.456 e. The fourth-order valence-corrected chi connectivity index (χ4v) is 23.9. The van der Waals surface area contributed by atoms with E-state index < -0.39 is 16.1 Å². The number of furan rings is 1. The molecule has 0 spiro atoms. The van der Waals surface area contributed by atoms with Crippen molar-refractivity contribution in [3.05, 3.63) is 328 Å². The lowest BCUT2D eigenvalue weighted by atomic mass is 10.0. The van der Waals surface area contributed by atoms with Crippen molar-refractivity contribution >= 4 is 123 Å². The molecule has 0 radical (unpaired) electrons. The van der Waals surface area contributed by atoms with Gasteiger partial charge in [0, 0.05) is 43.7 Å². The Labute approximate surface area is 483 Å². The maximum absolute atomic E-state index is 6.51. The fraction of sp³-hybridized carbons (Fsp3) is 0. The number of aromatic nitrogens is 2. The third-order valence-corrected chi connectivity index (χ3v) is 27.2. The molecule has 0 bridgehead atoms. The smallest absolute Gasteiger partial charge is 0.180 e. The van der Waals surface area contributed by atoms with Crippen LogP contribution in [0.15, 0.2) is 332 Å². The van der Waals surface area contributed by atoms with Crippen molar-refractivity contribution in [1.29, 1.82) is 0 Å². The van der Waals surface area contributed by atoms with E-state index in [1.807, 2.05) is 0 Å². The second-order valence-electron chi connectivity index (χ2n) is 21.9. The lowest BCUT2D eigenvalue weighted by Gasteiger charge is -2.35. The van der Waals surface area contributed by atoms with Gasteiger partial charge in [-0.05, 0) is 119 Å². The van der Waals surface area contributed by atoms with Gasteiger partial charge in [-0.25, -0.2) is 0 Å². The predicted octanol–water partition coefficient (Wildman–Crippen LogP) is 14.2. The predicted molar refractivity (Wildman–Crippen MR) is 355 cm³/mol. The Balaban J connectivity index is 1.01. The van der Waals surface area contributed by atoms with Crippen LogP contribution in [-0.4, -0.2) is 25.3 Å². The molecule has 83 heavy (non-hydrogen) atoms. The van der Waals surface area contributed by atoms with E-state index >= 15 is 0 Å². The summed E-state index contributed by atoms with van der Waals surface area (Å²) < 4.78 is 11.6. The highest BCUT2D eigenvalue weighted by molar-refractivity contribution is 7.21. The van der Waals surface area contributed by atoms with Crippen LogP contribution in [0.4, 0.5) is 0 Å². The Bertz CT molecular complexity index is 4940. The van der Waals surface area contributed by atoms with Crippen molar-refractivity contribution in [1.82, 2.24) is 9.13 Å². The molecule has 0 aliphatic heterocycles. The minimum absolute atomic E-state index is 0.896. The number of rotatable bonds is 11. The normalized spacial score (nSPS) is 12.1. The van der Waals surface area contributed by atoms with Crippen molar-refractivity contribution in [3.63, 3.8) is 0 Å². The average Bonchev–Trinajstić information content (AvgIpc) is 2.76. The summed E-state index contributed by atoms with van der Waals surface area (Å²) in [6.45, 7) is 0. The molecule has 16 aromatic rings. The summed E-state index contributed by atoms with van der Waals surface area (Å²) in [5.74, 6) is 0. The van der Waals surface area contributed by atoms with Crippen molar-refractivity contribution < 1.29 is 4.42 Å². The zero-order chi connectivity index (χ0) is 54.9. The lowest BCUT2D eigenvalue weighted by molar-refractivity contribution is 0.669. The molecule has 5 heteroatoms. The van der Waals surface area contributed by atoms with E-state index in [2.05, 4.69) is 337 Å². The monoisotopic (exact) mass is 1090 g/mol. The molecule has 390 valence electrons. The van der Waals surface area contributed by atoms with E-state index in [9.17, 15) is 0 Å². The highest BCUT2D eigenvalue weighted by Gasteiger charge is 2.44. The van der Waals surface area contributed by atoms with Gasteiger partial charge in [-0.2, -0.15) is 0 Å². The Morgan fingerprint density at radius 1 is 0.229 bits per heavy atom. The van der Waals surface area contributed by atoms with Crippen LogP contribution in [0.25, 0.3) is 88.1 Å². The highest BCUT2D eigenvalue weighted by atomic mass is 28.3. The van der Waals surface area contributed by atoms with Crippen LogP contribution in [-0.2, 0) is 0 Å². The van der Waals surface area contributed by atoms with Gasteiger partial charge in [-0.15, -0.1) is 0 Å². The van der Waals surface area contributed by atoms with E-state index in [1.54, 1.807) is 0 Å². The Morgan fingerprint density at radius 3 is 1.34 bits per heavy atom. The molecular weight excluding hydrogens is 1040 g/mol. The molecule has 16 rings (SSSR count). The Hall–Kier alpha value is -10.3. The van der Waals surface area contributed by atoms with Crippen LogP contribution in [0.5, 0.6) is 0 Å². The number of hydrogen-bond donors (Lipinski definition) is 0. The van der Waals surface area contributed by atoms with Crippen LogP contribution in [0.1, 0.15) is 0 Å². The van der Waals surface area contributed by atoms with Crippen molar-refractivity contribution in [2.75, 3.05) is 0 Å². The summed E-state index contributed by atoms with van der Waals surface area (Å²) in [5.41, 5.74) is 11.1. The van der Waals surface area contributed by atoms with Gasteiger partial charge in [0.15, 0.2) is 16.1 Å². The molecule has 0 fully saturated rings. The summed E-state index contributed by atoms with van der Waals surface area (Å²) in [6.07, 6.45) is 0. The van der Waals surface area contributed by atoms with Crippen molar-refractivity contribution in [2.24, 2.45) is 0 Å². The fourth-order valence-electron chi connectivity index (χ4n) is 14.1. The van der Waals surface area contributed by atoms with Crippen molar-refractivity contribution in [2.45, 2.75) is 0 Å². The van der Waals surface area contributed by atoms with Crippen LogP contribution < -0.4 is 41.5 Å². The summed E-state index contributed by atoms with van der Waals surface area (Å²) >= 11 is 0. The van der Waals surface area contributed by atoms with Gasteiger partial charge in [0.1, 0.15) is 11.2 Å². The number of hydrogen-bond acceptors (Lipinski definition) is 1. The molecule has 0 amide bonds. The molecular formula is C78H54N2OSi2. The van der Waals surface area contributed by atoms with Gasteiger partial charge in [0.2, 0.25) is 0 Å². The molecule has 0 unspecified atom stereocenters. The lowest BCUT2D eigenvalue weighted by Crippen LogP contribution is -2.74. The van der Waals surface area contributed by atoms with E-state index in [4.69, 9.17) is 4.42 Å². The zero-order valence-electron chi connectivity index (χ0n) is 45.5. The number of benzene rings is 13. The largest absolute Gasteiger partial charge is 0.456 e.